The number of carbonyl (C=O) groups is 2. The topological polar surface area (TPSA) is 97.1 Å². The van der Waals surface area contributed by atoms with Crippen LogP contribution in [0.25, 0.3) is 0 Å². The average molecular weight is 194 g/mol. The molecule has 6 heteroatoms. The monoisotopic (exact) mass is 194 g/mol. The van der Waals surface area contributed by atoms with Crippen LogP contribution in [0, 0.1) is 0 Å². The molecule has 1 aromatic rings. The maximum absolute atomic E-state index is 11.0. The molecule has 1 rings (SSSR count). The van der Waals surface area contributed by atoms with E-state index < -0.39 is 11.9 Å². The number of hydrogen-bond acceptors (Lipinski definition) is 3. The third kappa shape index (κ3) is 2.19. The molecule has 0 bridgehead atoms. The summed E-state index contributed by atoms with van der Waals surface area (Å²) < 4.78 is 0. The first-order valence-electron chi connectivity index (χ1n) is 3.87. The molecule has 6 nitrogen and oxygen atoms in total. The summed E-state index contributed by atoms with van der Waals surface area (Å²) in [5.41, 5.74) is 5.61. The van der Waals surface area contributed by atoms with Crippen molar-refractivity contribution >= 4 is 17.6 Å². The van der Waals surface area contributed by atoms with Gasteiger partial charge in [-0.15, -0.1) is 0 Å². The van der Waals surface area contributed by atoms with Gasteiger partial charge in [0.15, 0.2) is 0 Å². The number of nitrogens with zero attached hydrogens (tertiary/aromatic N) is 1. The fourth-order valence-corrected chi connectivity index (χ4v) is 0.894. The molecule has 1 aromatic heterocycles. The van der Waals surface area contributed by atoms with Gasteiger partial charge in [0, 0.05) is 13.2 Å². The summed E-state index contributed by atoms with van der Waals surface area (Å²) in [5, 5.41) is 4.78. The summed E-state index contributed by atoms with van der Waals surface area (Å²) in [6, 6.07) is 1.01. The van der Waals surface area contributed by atoms with Crippen LogP contribution in [-0.2, 0) is 0 Å². The fourth-order valence-electron chi connectivity index (χ4n) is 0.894. The maximum atomic E-state index is 11.0. The molecule has 0 aliphatic carbocycles. The maximum Gasteiger partial charge on any atom is 0.319 e. The smallest absolute Gasteiger partial charge is 0.319 e. The Morgan fingerprint density at radius 1 is 1.50 bits per heavy atom. The van der Waals surface area contributed by atoms with Gasteiger partial charge in [-0.2, -0.15) is 0 Å². The Hall–Kier alpha value is -2.11. The van der Waals surface area contributed by atoms with Gasteiger partial charge in [-0.05, 0) is 6.07 Å². The van der Waals surface area contributed by atoms with Crippen LogP contribution < -0.4 is 16.4 Å². The van der Waals surface area contributed by atoms with Crippen molar-refractivity contribution in [2.75, 3.05) is 12.4 Å². The number of anilines is 1. The Balaban J connectivity index is 2.95. The molecule has 0 unspecified atom stereocenters. The molecule has 1 heterocycles. The van der Waals surface area contributed by atoms with Gasteiger partial charge in [-0.1, -0.05) is 0 Å². The van der Waals surface area contributed by atoms with Crippen LogP contribution in [0.1, 0.15) is 10.4 Å². The molecule has 74 valence electrons. The minimum atomic E-state index is -0.612. The van der Waals surface area contributed by atoms with E-state index in [4.69, 9.17) is 5.73 Å². The minimum absolute atomic E-state index is 0.226. The van der Waals surface area contributed by atoms with Crippen molar-refractivity contribution < 1.29 is 9.59 Å². The third-order valence-electron chi connectivity index (χ3n) is 1.56. The molecule has 0 spiro atoms. The number of aromatic nitrogens is 1. The molecule has 3 amide bonds. The fraction of sp³-hybridized carbons (Fsp3) is 0.125. The lowest BCUT2D eigenvalue weighted by molar-refractivity contribution is 0.100. The summed E-state index contributed by atoms with van der Waals surface area (Å²) in [5.74, 6) is -0.612. The molecule has 14 heavy (non-hydrogen) atoms. The van der Waals surface area contributed by atoms with Crippen LogP contribution in [0.3, 0.4) is 0 Å². The minimum Gasteiger partial charge on any atom is -0.366 e. The second-order valence-corrected chi connectivity index (χ2v) is 2.49. The summed E-state index contributed by atoms with van der Waals surface area (Å²) in [4.78, 5) is 25.6. The molecule has 0 radical (unpaired) electrons. The number of pyridine rings is 1. The van der Waals surface area contributed by atoms with Crippen molar-refractivity contribution in [1.29, 1.82) is 0 Å². The first kappa shape index (κ1) is 9.97. The number of carbonyl (C=O) groups excluding carboxylic acids is 2. The van der Waals surface area contributed by atoms with E-state index in [-0.39, 0.29) is 5.56 Å². The number of amides is 3. The average Bonchev–Trinajstić information content (AvgIpc) is 2.18. The van der Waals surface area contributed by atoms with Gasteiger partial charge in [-0.25, -0.2) is 4.79 Å². The van der Waals surface area contributed by atoms with Crippen LogP contribution in [0.4, 0.5) is 10.5 Å². The van der Waals surface area contributed by atoms with Gasteiger partial charge in [0.05, 0.1) is 17.4 Å². The largest absolute Gasteiger partial charge is 0.366 e. The van der Waals surface area contributed by atoms with Crippen molar-refractivity contribution in [1.82, 2.24) is 10.3 Å². The van der Waals surface area contributed by atoms with Gasteiger partial charge in [-0.3, -0.25) is 9.78 Å². The van der Waals surface area contributed by atoms with Crippen LogP contribution in [0.5, 0.6) is 0 Å². The first-order chi connectivity index (χ1) is 6.65. The lowest BCUT2D eigenvalue weighted by atomic mass is 10.2. The first-order valence-corrected chi connectivity index (χ1v) is 3.87. The van der Waals surface area contributed by atoms with E-state index in [9.17, 15) is 9.59 Å². The zero-order valence-corrected chi connectivity index (χ0v) is 7.57. The Morgan fingerprint density at radius 2 is 2.21 bits per heavy atom. The van der Waals surface area contributed by atoms with Crippen molar-refractivity contribution in [2.45, 2.75) is 0 Å². The number of nitrogens with one attached hydrogen (secondary N) is 2. The molecule has 0 aliphatic heterocycles. The molecule has 0 saturated heterocycles. The second kappa shape index (κ2) is 4.22. The number of rotatable bonds is 2. The van der Waals surface area contributed by atoms with Crippen molar-refractivity contribution in [3.63, 3.8) is 0 Å². The second-order valence-electron chi connectivity index (χ2n) is 2.49. The highest BCUT2D eigenvalue weighted by Crippen LogP contribution is 2.11. The third-order valence-corrected chi connectivity index (χ3v) is 1.56. The highest BCUT2D eigenvalue weighted by molar-refractivity contribution is 6.02. The van der Waals surface area contributed by atoms with Gasteiger partial charge in [0.1, 0.15) is 0 Å². The zero-order valence-electron chi connectivity index (χ0n) is 7.57. The molecule has 0 atom stereocenters. The Morgan fingerprint density at radius 3 is 2.79 bits per heavy atom. The molecular formula is C8H10N4O2. The van der Waals surface area contributed by atoms with Gasteiger partial charge in [0.25, 0.3) is 5.91 Å². The zero-order chi connectivity index (χ0) is 10.6. The number of urea groups is 1. The van der Waals surface area contributed by atoms with Crippen LogP contribution >= 0.6 is 0 Å². The Bertz CT molecular complexity index is 364. The predicted octanol–water partition coefficient (Wildman–Crippen LogP) is -0.0682. The van der Waals surface area contributed by atoms with Crippen molar-refractivity contribution in [2.24, 2.45) is 5.73 Å². The summed E-state index contributed by atoms with van der Waals surface area (Å²) >= 11 is 0. The molecule has 0 saturated carbocycles. The number of hydrogen-bond donors (Lipinski definition) is 3. The molecule has 4 N–H and O–H groups in total. The van der Waals surface area contributed by atoms with Crippen LogP contribution in [0.15, 0.2) is 18.5 Å². The summed E-state index contributed by atoms with van der Waals surface area (Å²) in [6.07, 6.45) is 2.78. The Kier molecular flexibility index (Phi) is 3.01. The molecule has 0 aromatic carbocycles. The van der Waals surface area contributed by atoms with E-state index in [1.54, 1.807) is 0 Å². The van der Waals surface area contributed by atoms with Gasteiger partial charge >= 0.3 is 6.03 Å². The lowest BCUT2D eigenvalue weighted by Crippen LogP contribution is -2.26. The van der Waals surface area contributed by atoms with E-state index in [2.05, 4.69) is 15.6 Å². The molecule has 0 fully saturated rings. The number of nitrogens with two attached hydrogens (primary N) is 1. The molecule has 0 aliphatic rings. The van der Waals surface area contributed by atoms with E-state index in [1.165, 1.54) is 25.5 Å². The quantitative estimate of drug-likeness (QED) is 0.614. The van der Waals surface area contributed by atoms with Gasteiger partial charge in [0.2, 0.25) is 0 Å². The van der Waals surface area contributed by atoms with E-state index in [0.29, 0.717) is 5.69 Å². The van der Waals surface area contributed by atoms with E-state index in [0.717, 1.165) is 0 Å². The van der Waals surface area contributed by atoms with Crippen molar-refractivity contribution in [3.8, 4) is 0 Å². The lowest BCUT2D eigenvalue weighted by Gasteiger charge is -2.06. The molecular weight excluding hydrogens is 184 g/mol. The van der Waals surface area contributed by atoms with Gasteiger partial charge < -0.3 is 16.4 Å². The predicted molar refractivity (Wildman–Crippen MR) is 50.8 cm³/mol. The van der Waals surface area contributed by atoms with Crippen LogP contribution in [-0.4, -0.2) is 24.0 Å². The standard InChI is InChI=1S/C8H10N4O2/c1-10-8(14)12-6-4-11-3-2-5(6)7(9)13/h2-4H,1H3,(H2,9,13)(H2,10,12,14). The summed E-state index contributed by atoms with van der Waals surface area (Å²) in [7, 11) is 1.47. The highest BCUT2D eigenvalue weighted by Gasteiger charge is 2.09. The van der Waals surface area contributed by atoms with E-state index >= 15 is 0 Å². The van der Waals surface area contributed by atoms with E-state index in [1.807, 2.05) is 0 Å². The summed E-state index contributed by atoms with van der Waals surface area (Å²) in [6.45, 7) is 0. The Labute approximate surface area is 80.5 Å². The van der Waals surface area contributed by atoms with Crippen molar-refractivity contribution in [3.05, 3.63) is 24.0 Å². The SMILES string of the molecule is CNC(=O)Nc1cnccc1C(N)=O. The van der Waals surface area contributed by atoms with Crippen LogP contribution in [0.2, 0.25) is 0 Å². The highest BCUT2D eigenvalue weighted by atomic mass is 16.2. The number of primary amides is 1. The normalized spacial score (nSPS) is 9.21.